The normalized spacial score (nSPS) is 16.6. The number of amides is 1. The van der Waals surface area contributed by atoms with Crippen molar-refractivity contribution >= 4 is 23.4 Å². The van der Waals surface area contributed by atoms with Crippen LogP contribution in [0.1, 0.15) is 35.7 Å². The Balaban J connectivity index is 1.38. The second-order valence-electron chi connectivity index (χ2n) is 7.51. The summed E-state index contributed by atoms with van der Waals surface area (Å²) in [5.41, 5.74) is 3.81. The number of thioether (sulfide) groups is 1. The molecule has 150 valence electrons. The number of aromatic nitrogens is 2. The lowest BCUT2D eigenvalue weighted by Crippen LogP contribution is -2.32. The Morgan fingerprint density at radius 2 is 2.17 bits per heavy atom. The lowest BCUT2D eigenvalue weighted by atomic mass is 10.1. The minimum atomic E-state index is -0.136. The average Bonchev–Trinajstić information content (AvgIpc) is 3.33. The number of hydrogen-bond donors (Lipinski definition) is 1. The zero-order chi connectivity index (χ0) is 20.4. The van der Waals surface area contributed by atoms with E-state index >= 15 is 0 Å². The standard InChI is InChI=1S/C22H24N4O2S/c1-25(2)19-11-4-3-7-15(19)8-6-12-23-20(27)13-16-14-29-22-24-18-10-5-9-17(18)21(28)26(16)22/h3-4,7,11,16H,5,9-10,12-14H2,1-2H3,(H,23,27). The minimum Gasteiger partial charge on any atom is -0.377 e. The fourth-order valence-electron chi connectivity index (χ4n) is 3.84. The molecule has 0 spiro atoms. The number of carbonyl (C=O) groups is 1. The van der Waals surface area contributed by atoms with Crippen LogP contribution in [-0.2, 0) is 17.6 Å². The van der Waals surface area contributed by atoms with Gasteiger partial charge in [0.15, 0.2) is 5.16 Å². The summed E-state index contributed by atoms with van der Waals surface area (Å²) in [6.07, 6.45) is 2.96. The average molecular weight is 409 g/mol. The van der Waals surface area contributed by atoms with Gasteiger partial charge in [-0.15, -0.1) is 0 Å². The summed E-state index contributed by atoms with van der Waals surface area (Å²) >= 11 is 1.57. The van der Waals surface area contributed by atoms with E-state index in [4.69, 9.17) is 0 Å². The fourth-order valence-corrected chi connectivity index (χ4v) is 4.99. The summed E-state index contributed by atoms with van der Waals surface area (Å²) in [6, 6.07) is 7.78. The Bertz CT molecular complexity index is 1060. The summed E-state index contributed by atoms with van der Waals surface area (Å²) < 4.78 is 1.73. The van der Waals surface area contributed by atoms with Crippen molar-refractivity contribution in [1.82, 2.24) is 14.9 Å². The maximum absolute atomic E-state index is 12.8. The molecular formula is C22H24N4O2S. The largest absolute Gasteiger partial charge is 0.377 e. The molecule has 1 unspecified atom stereocenters. The molecule has 1 N–H and O–H groups in total. The van der Waals surface area contributed by atoms with Gasteiger partial charge in [0.25, 0.3) is 5.56 Å². The topological polar surface area (TPSA) is 67.2 Å². The Morgan fingerprint density at radius 1 is 1.34 bits per heavy atom. The van der Waals surface area contributed by atoms with E-state index in [0.29, 0.717) is 5.75 Å². The van der Waals surface area contributed by atoms with Crippen LogP contribution in [-0.4, -0.2) is 41.9 Å². The summed E-state index contributed by atoms with van der Waals surface area (Å²) in [5, 5.41) is 3.62. The molecule has 1 amide bonds. The van der Waals surface area contributed by atoms with Gasteiger partial charge >= 0.3 is 0 Å². The van der Waals surface area contributed by atoms with Gasteiger partial charge in [-0.05, 0) is 31.4 Å². The molecule has 0 radical (unpaired) electrons. The van der Waals surface area contributed by atoms with Crippen LogP contribution in [0.5, 0.6) is 0 Å². The molecule has 0 saturated carbocycles. The molecule has 1 aromatic carbocycles. The van der Waals surface area contributed by atoms with Crippen molar-refractivity contribution in [3.8, 4) is 11.8 Å². The van der Waals surface area contributed by atoms with E-state index in [0.717, 1.165) is 46.9 Å². The highest BCUT2D eigenvalue weighted by molar-refractivity contribution is 7.99. The van der Waals surface area contributed by atoms with Crippen LogP contribution < -0.4 is 15.8 Å². The Kier molecular flexibility index (Phi) is 5.63. The number of nitrogens with zero attached hydrogens (tertiary/aromatic N) is 3. The number of hydrogen-bond acceptors (Lipinski definition) is 5. The van der Waals surface area contributed by atoms with E-state index in [1.54, 1.807) is 16.3 Å². The Morgan fingerprint density at radius 3 is 3.00 bits per heavy atom. The Hall–Kier alpha value is -2.72. The van der Waals surface area contributed by atoms with Crippen molar-refractivity contribution in [2.24, 2.45) is 0 Å². The molecular weight excluding hydrogens is 384 g/mol. The third kappa shape index (κ3) is 4.03. The van der Waals surface area contributed by atoms with Crippen molar-refractivity contribution in [1.29, 1.82) is 0 Å². The molecule has 2 aliphatic rings. The van der Waals surface area contributed by atoms with E-state index in [9.17, 15) is 9.59 Å². The van der Waals surface area contributed by atoms with Gasteiger partial charge in [-0.3, -0.25) is 14.2 Å². The second kappa shape index (κ2) is 8.34. The number of para-hydroxylation sites is 1. The number of anilines is 1. The zero-order valence-corrected chi connectivity index (χ0v) is 17.5. The van der Waals surface area contributed by atoms with E-state index in [2.05, 4.69) is 22.1 Å². The summed E-state index contributed by atoms with van der Waals surface area (Å²) in [4.78, 5) is 31.9. The minimum absolute atomic E-state index is 0.0467. The number of aryl methyl sites for hydroxylation is 1. The van der Waals surface area contributed by atoms with Gasteiger partial charge in [-0.2, -0.15) is 0 Å². The molecule has 0 bridgehead atoms. The van der Waals surface area contributed by atoms with Gasteiger partial charge in [0.05, 0.1) is 24.0 Å². The highest BCUT2D eigenvalue weighted by atomic mass is 32.2. The first kappa shape index (κ1) is 19.6. The number of fused-ring (bicyclic) bond motifs is 2. The molecule has 1 aromatic heterocycles. The van der Waals surface area contributed by atoms with Gasteiger partial charge in [0.2, 0.25) is 5.91 Å². The Labute approximate surface area is 174 Å². The molecule has 0 saturated heterocycles. The van der Waals surface area contributed by atoms with E-state index in [1.165, 1.54) is 0 Å². The van der Waals surface area contributed by atoms with Crippen LogP contribution in [0.15, 0.2) is 34.2 Å². The van der Waals surface area contributed by atoms with Gasteiger partial charge in [-0.25, -0.2) is 4.98 Å². The van der Waals surface area contributed by atoms with Crippen molar-refractivity contribution in [2.45, 2.75) is 36.9 Å². The molecule has 7 heteroatoms. The van der Waals surface area contributed by atoms with Gasteiger partial charge in [0, 0.05) is 37.4 Å². The first-order valence-corrected chi connectivity index (χ1v) is 10.8. The number of benzene rings is 1. The predicted octanol–water partition coefficient (Wildman–Crippen LogP) is 2.00. The van der Waals surface area contributed by atoms with Crippen LogP contribution in [0.3, 0.4) is 0 Å². The fraction of sp³-hybridized carbons (Fsp3) is 0.409. The number of rotatable bonds is 4. The summed E-state index contributed by atoms with van der Waals surface area (Å²) in [6.45, 7) is 0.282. The van der Waals surface area contributed by atoms with Crippen LogP contribution >= 0.6 is 11.8 Å². The van der Waals surface area contributed by atoms with Gasteiger partial charge < -0.3 is 10.2 Å². The zero-order valence-electron chi connectivity index (χ0n) is 16.7. The van der Waals surface area contributed by atoms with Crippen molar-refractivity contribution in [3.05, 3.63) is 51.4 Å². The predicted molar refractivity (Wildman–Crippen MR) is 116 cm³/mol. The van der Waals surface area contributed by atoms with Gasteiger partial charge in [-0.1, -0.05) is 35.7 Å². The van der Waals surface area contributed by atoms with Crippen LogP contribution in [0.25, 0.3) is 0 Å². The molecule has 1 atom stereocenters. The highest BCUT2D eigenvalue weighted by Crippen LogP contribution is 2.33. The van der Waals surface area contributed by atoms with Gasteiger partial charge in [0.1, 0.15) is 0 Å². The third-order valence-corrected chi connectivity index (χ3v) is 6.37. The summed E-state index contributed by atoms with van der Waals surface area (Å²) in [5.74, 6) is 6.76. The highest BCUT2D eigenvalue weighted by Gasteiger charge is 2.30. The molecule has 29 heavy (non-hydrogen) atoms. The quantitative estimate of drug-likeness (QED) is 0.619. The van der Waals surface area contributed by atoms with Crippen LogP contribution in [0, 0.1) is 11.8 Å². The number of carbonyl (C=O) groups excluding carboxylic acids is 1. The first-order chi connectivity index (χ1) is 14.0. The lowest BCUT2D eigenvalue weighted by molar-refractivity contribution is -0.121. The SMILES string of the molecule is CN(C)c1ccccc1C#CCNC(=O)CC1CSc2nc3c(c(=O)n21)CCC3. The second-order valence-corrected chi connectivity index (χ2v) is 8.49. The first-order valence-electron chi connectivity index (χ1n) is 9.83. The summed E-state index contributed by atoms with van der Waals surface area (Å²) in [7, 11) is 3.96. The molecule has 0 fully saturated rings. The lowest BCUT2D eigenvalue weighted by Gasteiger charge is -2.14. The van der Waals surface area contributed by atoms with Crippen LogP contribution in [0.2, 0.25) is 0 Å². The van der Waals surface area contributed by atoms with E-state index in [1.807, 2.05) is 43.3 Å². The van der Waals surface area contributed by atoms with Crippen molar-refractivity contribution in [2.75, 3.05) is 31.3 Å². The monoisotopic (exact) mass is 408 g/mol. The van der Waals surface area contributed by atoms with Crippen LogP contribution in [0.4, 0.5) is 5.69 Å². The molecule has 2 aromatic rings. The van der Waals surface area contributed by atoms with Crippen molar-refractivity contribution in [3.63, 3.8) is 0 Å². The molecule has 4 rings (SSSR count). The van der Waals surface area contributed by atoms with E-state index in [-0.39, 0.29) is 30.5 Å². The number of nitrogens with one attached hydrogen (secondary N) is 1. The molecule has 6 nitrogen and oxygen atoms in total. The molecule has 2 heterocycles. The van der Waals surface area contributed by atoms with Crippen molar-refractivity contribution < 1.29 is 4.79 Å². The van der Waals surface area contributed by atoms with E-state index < -0.39 is 0 Å². The maximum atomic E-state index is 12.8. The molecule has 1 aliphatic carbocycles. The molecule has 1 aliphatic heterocycles. The third-order valence-electron chi connectivity index (χ3n) is 5.28. The maximum Gasteiger partial charge on any atom is 0.257 e. The smallest absolute Gasteiger partial charge is 0.257 e.